The minimum Gasteiger partial charge on any atom is -0.366 e. The highest BCUT2D eigenvalue weighted by molar-refractivity contribution is 5.99. The summed E-state index contributed by atoms with van der Waals surface area (Å²) in [5.74, 6) is 5.47. The van der Waals surface area contributed by atoms with Gasteiger partial charge < -0.3 is 21.4 Å². The lowest BCUT2D eigenvalue weighted by atomic mass is 9.89. The number of carbonyl (C=O) groups excluding carboxylic acids is 1. The SMILES string of the molecule is CCCN(CCC)C(=O)C1=Cc2ccc(C3Nc4ccccc4C(C)(C)N3)cc2NC(N=NN)C1. The van der Waals surface area contributed by atoms with E-state index >= 15 is 0 Å². The maximum Gasteiger partial charge on any atom is 0.249 e. The van der Waals surface area contributed by atoms with Crippen molar-refractivity contribution >= 4 is 23.4 Å². The van der Waals surface area contributed by atoms with Crippen LogP contribution in [0.2, 0.25) is 0 Å². The number of hydrogen-bond acceptors (Lipinski definition) is 6. The van der Waals surface area contributed by atoms with Crippen molar-refractivity contribution < 1.29 is 4.79 Å². The number of hydrogen-bond donors (Lipinski definition) is 4. The molecule has 8 nitrogen and oxygen atoms in total. The van der Waals surface area contributed by atoms with Crippen LogP contribution in [0.15, 0.2) is 58.4 Å². The standard InChI is InChI=1S/C27H37N7O/c1-5-13-34(14-6-2)26(35)20-15-18-11-12-19(16-23(18)29-24(17-20)32-33-28)25-30-22-10-8-7-9-21(22)27(3,4)31-25/h7-12,15-16,24-25,29-31H,5-6,13-14,17H2,1-4H3,(H2,28,32). The first kappa shape index (κ1) is 24.7. The lowest BCUT2D eigenvalue weighted by Gasteiger charge is -2.40. The predicted octanol–water partition coefficient (Wildman–Crippen LogP) is 5.14. The molecule has 0 aliphatic carbocycles. The maximum absolute atomic E-state index is 13.4. The number of nitrogens with zero attached hydrogens (tertiary/aromatic N) is 3. The van der Waals surface area contributed by atoms with Crippen LogP contribution in [0, 0.1) is 0 Å². The number of carbonyl (C=O) groups is 1. The van der Waals surface area contributed by atoms with Crippen molar-refractivity contribution in [1.82, 2.24) is 10.2 Å². The molecule has 2 heterocycles. The van der Waals surface area contributed by atoms with Crippen molar-refractivity contribution in [3.8, 4) is 0 Å². The topological polar surface area (TPSA) is 107 Å². The van der Waals surface area contributed by atoms with Crippen LogP contribution in [-0.4, -0.2) is 30.1 Å². The Morgan fingerprint density at radius 2 is 1.83 bits per heavy atom. The fourth-order valence-electron chi connectivity index (χ4n) is 5.00. The normalized spacial score (nSPS) is 20.6. The Labute approximate surface area is 208 Å². The van der Waals surface area contributed by atoms with E-state index in [9.17, 15) is 4.79 Å². The van der Waals surface area contributed by atoms with E-state index in [4.69, 9.17) is 5.84 Å². The van der Waals surface area contributed by atoms with Gasteiger partial charge in [-0.25, -0.2) is 0 Å². The van der Waals surface area contributed by atoms with E-state index in [2.05, 4.69) is 96.4 Å². The first-order chi connectivity index (χ1) is 16.9. The molecule has 5 N–H and O–H groups in total. The van der Waals surface area contributed by atoms with Crippen LogP contribution in [0.5, 0.6) is 0 Å². The van der Waals surface area contributed by atoms with Gasteiger partial charge in [0.05, 0.1) is 0 Å². The van der Waals surface area contributed by atoms with Gasteiger partial charge in [-0.2, -0.15) is 0 Å². The van der Waals surface area contributed by atoms with Crippen molar-refractivity contribution in [2.75, 3.05) is 23.7 Å². The largest absolute Gasteiger partial charge is 0.366 e. The Balaban J connectivity index is 1.68. The van der Waals surface area contributed by atoms with E-state index in [1.807, 2.05) is 11.0 Å². The summed E-state index contributed by atoms with van der Waals surface area (Å²) in [6, 6.07) is 14.7. The van der Waals surface area contributed by atoms with Crippen molar-refractivity contribution in [3.05, 3.63) is 64.7 Å². The van der Waals surface area contributed by atoms with Gasteiger partial charge in [0.1, 0.15) is 12.3 Å². The van der Waals surface area contributed by atoms with Crippen molar-refractivity contribution in [3.63, 3.8) is 0 Å². The first-order valence-electron chi connectivity index (χ1n) is 12.5. The van der Waals surface area contributed by atoms with E-state index in [0.717, 1.165) is 48.4 Å². The molecule has 1 amide bonds. The third-order valence-corrected chi connectivity index (χ3v) is 6.64. The lowest BCUT2D eigenvalue weighted by molar-refractivity contribution is -0.127. The van der Waals surface area contributed by atoms with Crippen molar-refractivity contribution in [1.29, 1.82) is 0 Å². The molecular weight excluding hydrogens is 438 g/mol. The van der Waals surface area contributed by atoms with E-state index in [0.29, 0.717) is 12.0 Å². The van der Waals surface area contributed by atoms with Crippen LogP contribution < -0.4 is 21.8 Å². The summed E-state index contributed by atoms with van der Waals surface area (Å²) in [5, 5.41) is 18.5. The average molecular weight is 476 g/mol. The summed E-state index contributed by atoms with van der Waals surface area (Å²) in [5.41, 5.74) is 5.83. The average Bonchev–Trinajstić information content (AvgIpc) is 3.02. The van der Waals surface area contributed by atoms with Gasteiger partial charge in [-0.15, -0.1) is 5.11 Å². The molecule has 0 saturated heterocycles. The van der Waals surface area contributed by atoms with Crippen molar-refractivity contribution in [2.24, 2.45) is 16.2 Å². The molecule has 2 aliphatic heterocycles. The van der Waals surface area contributed by atoms with Crippen LogP contribution in [-0.2, 0) is 10.3 Å². The Hall–Kier alpha value is -3.39. The summed E-state index contributed by atoms with van der Waals surface area (Å²) >= 11 is 0. The Morgan fingerprint density at radius 3 is 2.54 bits per heavy atom. The zero-order valence-electron chi connectivity index (χ0n) is 21.1. The zero-order valence-corrected chi connectivity index (χ0v) is 21.1. The highest BCUT2D eigenvalue weighted by Crippen LogP contribution is 2.38. The molecule has 2 unspecified atom stereocenters. The molecule has 8 heteroatoms. The van der Waals surface area contributed by atoms with Gasteiger partial charge in [-0.3, -0.25) is 10.1 Å². The van der Waals surface area contributed by atoms with Gasteiger partial charge in [0.2, 0.25) is 5.91 Å². The van der Waals surface area contributed by atoms with Crippen LogP contribution in [0.25, 0.3) is 6.08 Å². The molecule has 0 aromatic heterocycles. The Bertz CT molecular complexity index is 1120. The summed E-state index contributed by atoms with van der Waals surface area (Å²) in [4.78, 5) is 15.3. The highest BCUT2D eigenvalue weighted by atomic mass is 16.2. The van der Waals surface area contributed by atoms with Crippen molar-refractivity contribution in [2.45, 2.75) is 64.8 Å². The van der Waals surface area contributed by atoms with Gasteiger partial charge in [-0.05, 0) is 61.6 Å². The second-order valence-corrected chi connectivity index (χ2v) is 9.80. The Morgan fingerprint density at radius 1 is 1.09 bits per heavy atom. The summed E-state index contributed by atoms with van der Waals surface area (Å²) < 4.78 is 0. The van der Waals surface area contributed by atoms with Gasteiger partial charge >= 0.3 is 0 Å². The molecule has 2 atom stereocenters. The molecule has 4 rings (SSSR count). The molecule has 186 valence electrons. The fourth-order valence-corrected chi connectivity index (χ4v) is 5.00. The predicted molar refractivity (Wildman–Crippen MR) is 142 cm³/mol. The fraction of sp³-hybridized carbons (Fsp3) is 0.444. The number of nitrogens with two attached hydrogens (primary N) is 1. The maximum atomic E-state index is 13.4. The van der Waals surface area contributed by atoms with E-state index in [1.165, 1.54) is 5.56 Å². The van der Waals surface area contributed by atoms with Gasteiger partial charge in [0, 0.05) is 42.0 Å². The molecule has 0 radical (unpaired) electrons. The second-order valence-electron chi connectivity index (χ2n) is 9.80. The minimum absolute atomic E-state index is 0.0543. The van der Waals surface area contributed by atoms with Gasteiger partial charge in [0.25, 0.3) is 0 Å². The summed E-state index contributed by atoms with van der Waals surface area (Å²) in [7, 11) is 0. The van der Waals surface area contributed by atoms with E-state index in [1.54, 1.807) is 0 Å². The number of nitrogens with one attached hydrogen (secondary N) is 3. The molecule has 2 aromatic carbocycles. The summed E-state index contributed by atoms with van der Waals surface area (Å²) in [6.45, 7) is 10.0. The molecule has 35 heavy (non-hydrogen) atoms. The number of para-hydroxylation sites is 1. The molecule has 0 saturated carbocycles. The van der Waals surface area contributed by atoms with Crippen LogP contribution in [0.4, 0.5) is 11.4 Å². The van der Waals surface area contributed by atoms with E-state index in [-0.39, 0.29) is 17.6 Å². The summed E-state index contributed by atoms with van der Waals surface area (Å²) in [6.07, 6.45) is 3.77. The molecule has 0 fully saturated rings. The van der Waals surface area contributed by atoms with Gasteiger partial charge in [-0.1, -0.05) is 49.4 Å². The number of anilines is 2. The Kier molecular flexibility index (Phi) is 7.40. The molecule has 0 spiro atoms. The zero-order chi connectivity index (χ0) is 25.0. The van der Waals surface area contributed by atoms with Crippen LogP contribution in [0.1, 0.15) is 69.8 Å². The highest BCUT2D eigenvalue weighted by Gasteiger charge is 2.33. The lowest BCUT2D eigenvalue weighted by Crippen LogP contribution is -2.46. The van der Waals surface area contributed by atoms with Crippen LogP contribution in [0.3, 0.4) is 0 Å². The third kappa shape index (κ3) is 5.32. The monoisotopic (exact) mass is 475 g/mol. The number of benzene rings is 2. The minimum atomic E-state index is -0.416. The smallest absolute Gasteiger partial charge is 0.249 e. The quantitative estimate of drug-likeness (QED) is 0.252. The molecular formula is C27H37N7O. The number of fused-ring (bicyclic) bond motifs is 2. The molecule has 2 aromatic rings. The number of amides is 1. The van der Waals surface area contributed by atoms with E-state index < -0.39 is 6.17 Å². The first-order valence-corrected chi connectivity index (χ1v) is 12.5. The van der Waals surface area contributed by atoms with Crippen LogP contribution >= 0.6 is 0 Å². The molecule has 0 bridgehead atoms. The second kappa shape index (κ2) is 10.5. The van der Waals surface area contributed by atoms with Gasteiger partial charge in [0.15, 0.2) is 0 Å². The number of rotatable bonds is 7. The molecule has 2 aliphatic rings. The third-order valence-electron chi connectivity index (χ3n) is 6.64.